The van der Waals surface area contributed by atoms with Gasteiger partial charge in [0.25, 0.3) is 0 Å². The van der Waals surface area contributed by atoms with Crippen molar-refractivity contribution in [2.45, 2.75) is 27.7 Å². The average molecular weight is 256 g/mol. The zero-order valence-corrected chi connectivity index (χ0v) is 10.9. The van der Waals surface area contributed by atoms with E-state index in [-0.39, 0.29) is 39.8 Å². The van der Waals surface area contributed by atoms with Gasteiger partial charge in [0, 0.05) is 0 Å². The molecule has 6 nitrogen and oxygen atoms in total. The van der Waals surface area contributed by atoms with E-state index in [0.29, 0.717) is 0 Å². The second-order valence-corrected chi connectivity index (χ2v) is 2.61. The van der Waals surface area contributed by atoms with E-state index in [4.69, 9.17) is 0 Å². The fourth-order valence-corrected chi connectivity index (χ4v) is 1.34. The van der Waals surface area contributed by atoms with E-state index < -0.39 is 0 Å². The third kappa shape index (κ3) is 14.1. The summed E-state index contributed by atoms with van der Waals surface area (Å²) in [5.74, 6) is 0. The second kappa shape index (κ2) is 23.7. The first-order chi connectivity index (χ1) is 4.24. The minimum absolute atomic E-state index is 0. The molecule has 15 heavy (non-hydrogen) atoms. The first-order valence-corrected chi connectivity index (χ1v) is 4.09. The molecule has 0 unspecified atom stereocenters. The molecule has 0 aliphatic rings. The van der Waals surface area contributed by atoms with Gasteiger partial charge in [0.05, 0.1) is 26.2 Å². The Balaban J connectivity index is -0.0000000213. The summed E-state index contributed by atoms with van der Waals surface area (Å²) in [6.45, 7) is 14.2. The molecule has 0 aromatic heterocycles. The summed E-state index contributed by atoms with van der Waals surface area (Å²) in [5, 5.41) is 0. The first kappa shape index (κ1) is 45.8. The van der Waals surface area contributed by atoms with Crippen LogP contribution in [0.2, 0.25) is 0 Å². The lowest BCUT2D eigenvalue weighted by atomic mass is 10.3. The molecule has 10 N–H and O–H groups in total. The van der Waals surface area contributed by atoms with E-state index in [2.05, 4.69) is 27.7 Å². The van der Waals surface area contributed by atoms with Crippen LogP contribution in [0.3, 0.4) is 0 Å². The van der Waals surface area contributed by atoms with Gasteiger partial charge in [-0.15, -0.1) is 0 Å². The molecule has 7 heteroatoms. The Hall–Kier alpha value is 0.0500. The SMILES string of the molecule is CC[N+](CC)(CC)CC.O.O.O.O.O.[Cl-]. The van der Waals surface area contributed by atoms with E-state index >= 15 is 0 Å². The zero-order valence-electron chi connectivity index (χ0n) is 10.2. The van der Waals surface area contributed by atoms with Crippen LogP contribution in [0, 0.1) is 0 Å². The van der Waals surface area contributed by atoms with Crippen molar-refractivity contribution in [1.29, 1.82) is 0 Å². The Morgan fingerprint density at radius 2 is 0.667 bits per heavy atom. The summed E-state index contributed by atoms with van der Waals surface area (Å²) < 4.78 is 1.28. The molecule has 0 rings (SSSR count). The predicted molar refractivity (Wildman–Crippen MR) is 60.5 cm³/mol. The van der Waals surface area contributed by atoms with Gasteiger partial charge in [0.1, 0.15) is 0 Å². The molecular formula is C8H30ClNO5. The molecule has 0 aliphatic heterocycles. The van der Waals surface area contributed by atoms with Crippen LogP contribution in [0.4, 0.5) is 0 Å². The van der Waals surface area contributed by atoms with Crippen molar-refractivity contribution in [3.63, 3.8) is 0 Å². The summed E-state index contributed by atoms with van der Waals surface area (Å²) in [4.78, 5) is 0. The van der Waals surface area contributed by atoms with Crippen LogP contribution >= 0.6 is 0 Å². The van der Waals surface area contributed by atoms with Gasteiger partial charge in [-0.25, -0.2) is 0 Å². The number of hydrogen-bond donors (Lipinski definition) is 0. The van der Waals surface area contributed by atoms with E-state index in [0.717, 1.165) is 0 Å². The average Bonchev–Trinajstić information content (AvgIpc) is 1.95. The smallest absolute Gasteiger partial charge is 0.0757 e. The van der Waals surface area contributed by atoms with Crippen LogP contribution in [0.1, 0.15) is 27.7 Å². The van der Waals surface area contributed by atoms with E-state index in [1.165, 1.54) is 30.7 Å². The highest BCUT2D eigenvalue weighted by molar-refractivity contribution is 4.31. The fraction of sp³-hybridized carbons (Fsp3) is 1.00. The predicted octanol–water partition coefficient (Wildman–Crippen LogP) is -5.24. The Labute approximate surface area is 98.8 Å². The normalized spacial score (nSPS) is 7.20. The fourth-order valence-electron chi connectivity index (χ4n) is 1.34. The summed E-state index contributed by atoms with van der Waals surface area (Å²) >= 11 is 0. The molecule has 0 aromatic carbocycles. The lowest BCUT2D eigenvalue weighted by Crippen LogP contribution is -3.00. The van der Waals surface area contributed by atoms with Crippen LogP contribution in [0.15, 0.2) is 0 Å². The van der Waals surface area contributed by atoms with Crippen molar-refractivity contribution in [3.8, 4) is 0 Å². The lowest BCUT2D eigenvalue weighted by Gasteiger charge is -2.34. The van der Waals surface area contributed by atoms with Gasteiger partial charge in [0.2, 0.25) is 0 Å². The highest BCUT2D eigenvalue weighted by atomic mass is 35.5. The van der Waals surface area contributed by atoms with E-state index in [9.17, 15) is 0 Å². The maximum Gasteiger partial charge on any atom is 0.0757 e. The van der Waals surface area contributed by atoms with Gasteiger partial charge >= 0.3 is 0 Å². The summed E-state index contributed by atoms with van der Waals surface area (Å²) in [7, 11) is 0. The molecule has 0 radical (unpaired) electrons. The molecule has 0 heterocycles. The number of hydrogen-bond acceptors (Lipinski definition) is 0. The lowest BCUT2D eigenvalue weighted by molar-refractivity contribution is -0.921. The molecule has 0 bridgehead atoms. The number of rotatable bonds is 4. The van der Waals surface area contributed by atoms with E-state index in [1.807, 2.05) is 0 Å². The Morgan fingerprint density at radius 3 is 0.667 bits per heavy atom. The van der Waals surface area contributed by atoms with Crippen molar-refractivity contribution in [1.82, 2.24) is 0 Å². The Bertz CT molecular complexity index is 65.9. The van der Waals surface area contributed by atoms with Crippen molar-refractivity contribution in [2.75, 3.05) is 26.2 Å². The monoisotopic (exact) mass is 255 g/mol. The van der Waals surface area contributed by atoms with Crippen LogP contribution in [0.5, 0.6) is 0 Å². The zero-order chi connectivity index (χ0) is 7.33. The number of halogens is 1. The molecular weight excluding hydrogens is 226 g/mol. The number of nitrogens with zero attached hydrogens (tertiary/aromatic N) is 1. The van der Waals surface area contributed by atoms with E-state index in [1.54, 1.807) is 0 Å². The standard InChI is InChI=1S/C8H20N.ClH.5H2O/c1-5-9(6-2,7-3)8-4;;;;;;/h5-8H2,1-4H3;1H;5*1H2/q+1;;;;;;/p-1. The van der Waals surface area contributed by atoms with Crippen LogP contribution < -0.4 is 12.4 Å². The Morgan fingerprint density at radius 1 is 0.533 bits per heavy atom. The first-order valence-electron chi connectivity index (χ1n) is 4.09. The van der Waals surface area contributed by atoms with Gasteiger partial charge in [-0.3, -0.25) is 0 Å². The highest BCUT2D eigenvalue weighted by Crippen LogP contribution is 2.03. The van der Waals surface area contributed by atoms with Gasteiger partial charge in [0.15, 0.2) is 0 Å². The quantitative estimate of drug-likeness (QED) is 0.440. The van der Waals surface area contributed by atoms with Crippen molar-refractivity contribution < 1.29 is 44.3 Å². The molecule has 0 fully saturated rings. The minimum Gasteiger partial charge on any atom is -1.00 e. The van der Waals surface area contributed by atoms with Gasteiger partial charge in [-0.2, -0.15) is 0 Å². The van der Waals surface area contributed by atoms with Gasteiger partial charge in [-0.05, 0) is 27.7 Å². The van der Waals surface area contributed by atoms with Crippen LogP contribution in [0.25, 0.3) is 0 Å². The van der Waals surface area contributed by atoms with Crippen LogP contribution in [-0.2, 0) is 0 Å². The Kier molecular flexibility index (Phi) is 72.4. The maximum absolute atomic E-state index is 2.27. The molecule has 104 valence electrons. The van der Waals surface area contributed by atoms with Crippen LogP contribution in [-0.4, -0.2) is 58.0 Å². The van der Waals surface area contributed by atoms with Gasteiger partial charge in [-0.1, -0.05) is 0 Å². The molecule has 0 aliphatic carbocycles. The molecule has 0 saturated carbocycles. The molecule has 0 aromatic rings. The van der Waals surface area contributed by atoms with Crippen molar-refractivity contribution in [2.24, 2.45) is 0 Å². The summed E-state index contributed by atoms with van der Waals surface area (Å²) in [6.07, 6.45) is 0. The molecule has 0 spiro atoms. The summed E-state index contributed by atoms with van der Waals surface area (Å²) in [5.41, 5.74) is 0. The topological polar surface area (TPSA) is 158 Å². The van der Waals surface area contributed by atoms with Crippen molar-refractivity contribution >= 4 is 0 Å². The highest BCUT2D eigenvalue weighted by Gasteiger charge is 2.16. The van der Waals surface area contributed by atoms with Gasteiger partial charge < -0.3 is 44.3 Å². The van der Waals surface area contributed by atoms with Crippen molar-refractivity contribution in [3.05, 3.63) is 0 Å². The molecule has 0 saturated heterocycles. The second-order valence-electron chi connectivity index (χ2n) is 2.61. The third-order valence-corrected chi connectivity index (χ3v) is 2.68. The largest absolute Gasteiger partial charge is 1.00 e. The minimum atomic E-state index is 0. The number of quaternary nitrogens is 1. The third-order valence-electron chi connectivity index (χ3n) is 2.68. The molecule has 0 amide bonds. The maximum atomic E-state index is 2.27. The summed E-state index contributed by atoms with van der Waals surface area (Å²) in [6, 6.07) is 0. The molecule has 0 atom stereocenters.